The van der Waals surface area contributed by atoms with Gasteiger partial charge >= 0.3 is 6.18 Å². The Bertz CT molecular complexity index is 1060. The number of nitrogens with zero attached hydrogens (tertiary/aromatic N) is 4. The Hall–Kier alpha value is -2.91. The molecule has 31 heavy (non-hydrogen) atoms. The Morgan fingerprint density at radius 3 is 2.45 bits per heavy atom. The van der Waals surface area contributed by atoms with Gasteiger partial charge in [-0.2, -0.15) is 18.2 Å². The molecule has 0 spiro atoms. The molecule has 1 aliphatic heterocycles. The third-order valence-electron chi connectivity index (χ3n) is 5.02. The molecular weight excluding hydrogens is 433 g/mol. The van der Waals surface area contributed by atoms with Gasteiger partial charge in [-0.1, -0.05) is 22.8 Å². The van der Waals surface area contributed by atoms with Crippen LogP contribution in [0.2, 0.25) is 5.02 Å². The molecule has 0 saturated carbocycles. The van der Waals surface area contributed by atoms with Crippen molar-refractivity contribution in [2.24, 2.45) is 0 Å². The Kier molecular flexibility index (Phi) is 5.97. The van der Waals surface area contributed by atoms with Crippen LogP contribution in [0, 0.1) is 0 Å². The van der Waals surface area contributed by atoms with Crippen LogP contribution in [-0.4, -0.2) is 52.0 Å². The smallest absolute Gasteiger partial charge is 0.336 e. The summed E-state index contributed by atoms with van der Waals surface area (Å²) in [6, 6.07) is 11.5. The Morgan fingerprint density at radius 1 is 1.06 bits per heavy atom. The van der Waals surface area contributed by atoms with E-state index in [4.69, 9.17) is 16.1 Å². The molecule has 10 heteroatoms. The number of hydrogen-bond acceptors (Lipinski definition) is 5. The maximum absolute atomic E-state index is 12.9. The fraction of sp³-hybridized carbons (Fsp3) is 0.286. The first kappa shape index (κ1) is 21.3. The van der Waals surface area contributed by atoms with Crippen LogP contribution in [0.3, 0.4) is 0 Å². The third-order valence-corrected chi connectivity index (χ3v) is 5.27. The Morgan fingerprint density at radius 2 is 1.77 bits per heavy atom. The number of hydrogen-bond donors (Lipinski definition) is 0. The molecule has 1 saturated heterocycles. The zero-order chi connectivity index (χ0) is 22.0. The summed E-state index contributed by atoms with van der Waals surface area (Å²) < 4.78 is 43.9. The highest BCUT2D eigenvalue weighted by Gasteiger charge is 2.31. The predicted octanol–water partition coefficient (Wildman–Crippen LogP) is 4.37. The van der Waals surface area contributed by atoms with Crippen LogP contribution in [0.15, 0.2) is 53.1 Å². The number of rotatable bonds is 4. The SMILES string of the molecule is O=C(c1ccc(Cl)cc1)N1CCN(Cc2noc(-c3cccc(C(F)(F)F)c3)n2)CC1. The van der Waals surface area contributed by atoms with Gasteiger partial charge in [0.25, 0.3) is 11.8 Å². The summed E-state index contributed by atoms with van der Waals surface area (Å²) in [5, 5.41) is 4.46. The Labute approximate surface area is 181 Å². The topological polar surface area (TPSA) is 62.5 Å². The first-order valence-electron chi connectivity index (χ1n) is 9.57. The highest BCUT2D eigenvalue weighted by Crippen LogP contribution is 2.31. The van der Waals surface area contributed by atoms with E-state index in [9.17, 15) is 18.0 Å². The van der Waals surface area contributed by atoms with Crippen LogP contribution in [0.1, 0.15) is 21.7 Å². The summed E-state index contributed by atoms with van der Waals surface area (Å²) in [7, 11) is 0. The zero-order valence-electron chi connectivity index (χ0n) is 16.3. The molecule has 0 N–H and O–H groups in total. The minimum atomic E-state index is -4.44. The molecule has 4 rings (SSSR count). The van der Waals surface area contributed by atoms with Crippen molar-refractivity contribution in [1.29, 1.82) is 0 Å². The van der Waals surface area contributed by atoms with E-state index in [0.29, 0.717) is 49.1 Å². The van der Waals surface area contributed by atoms with E-state index >= 15 is 0 Å². The van der Waals surface area contributed by atoms with Crippen LogP contribution in [0.4, 0.5) is 13.2 Å². The molecule has 1 aromatic heterocycles. The summed E-state index contributed by atoms with van der Waals surface area (Å²) in [6.45, 7) is 2.70. The second kappa shape index (κ2) is 8.68. The number of benzene rings is 2. The second-order valence-electron chi connectivity index (χ2n) is 7.17. The van der Waals surface area contributed by atoms with Crippen molar-refractivity contribution in [1.82, 2.24) is 19.9 Å². The van der Waals surface area contributed by atoms with Crippen LogP contribution >= 0.6 is 11.6 Å². The lowest BCUT2D eigenvalue weighted by Crippen LogP contribution is -2.48. The lowest BCUT2D eigenvalue weighted by Gasteiger charge is -2.34. The average Bonchev–Trinajstić information content (AvgIpc) is 3.22. The van der Waals surface area contributed by atoms with E-state index in [2.05, 4.69) is 15.0 Å². The zero-order valence-corrected chi connectivity index (χ0v) is 17.0. The molecule has 6 nitrogen and oxygen atoms in total. The highest BCUT2D eigenvalue weighted by atomic mass is 35.5. The standard InChI is InChI=1S/C21H18ClF3N4O2/c22-17-6-4-14(5-7-17)20(30)29-10-8-28(9-11-29)13-18-26-19(31-27-18)15-2-1-3-16(12-15)21(23,24)25/h1-7,12H,8-11,13H2. The van der Waals surface area contributed by atoms with E-state index in [-0.39, 0.29) is 17.4 Å². The number of carbonyl (C=O) groups is 1. The molecule has 0 radical (unpaired) electrons. The van der Waals surface area contributed by atoms with Gasteiger partial charge in [-0.05, 0) is 42.5 Å². The van der Waals surface area contributed by atoms with E-state index in [1.54, 1.807) is 29.2 Å². The van der Waals surface area contributed by atoms with Crippen molar-refractivity contribution in [3.8, 4) is 11.5 Å². The number of piperazine rings is 1. The normalized spacial score (nSPS) is 15.3. The molecule has 2 heterocycles. The van der Waals surface area contributed by atoms with Crippen LogP contribution < -0.4 is 0 Å². The quantitative estimate of drug-likeness (QED) is 0.590. The summed E-state index contributed by atoms with van der Waals surface area (Å²) in [4.78, 5) is 20.6. The highest BCUT2D eigenvalue weighted by molar-refractivity contribution is 6.30. The number of amides is 1. The van der Waals surface area contributed by atoms with E-state index in [1.165, 1.54) is 12.1 Å². The van der Waals surface area contributed by atoms with E-state index < -0.39 is 11.7 Å². The van der Waals surface area contributed by atoms with Crippen molar-refractivity contribution in [2.45, 2.75) is 12.7 Å². The monoisotopic (exact) mass is 450 g/mol. The van der Waals surface area contributed by atoms with Crippen LogP contribution in [0.25, 0.3) is 11.5 Å². The average molecular weight is 451 g/mol. The molecule has 0 atom stereocenters. The minimum Gasteiger partial charge on any atom is -0.336 e. The van der Waals surface area contributed by atoms with Crippen molar-refractivity contribution in [3.05, 3.63) is 70.5 Å². The molecular formula is C21H18ClF3N4O2. The van der Waals surface area contributed by atoms with Gasteiger partial charge in [0.15, 0.2) is 5.82 Å². The van der Waals surface area contributed by atoms with Gasteiger partial charge in [-0.25, -0.2) is 0 Å². The summed E-state index contributed by atoms with van der Waals surface area (Å²) >= 11 is 5.87. The fourth-order valence-electron chi connectivity index (χ4n) is 3.35. The molecule has 0 aliphatic carbocycles. The van der Waals surface area contributed by atoms with Crippen molar-refractivity contribution in [3.63, 3.8) is 0 Å². The largest absolute Gasteiger partial charge is 0.416 e. The fourth-order valence-corrected chi connectivity index (χ4v) is 3.47. The van der Waals surface area contributed by atoms with Gasteiger partial charge in [0.2, 0.25) is 0 Å². The lowest BCUT2D eigenvalue weighted by molar-refractivity contribution is -0.137. The van der Waals surface area contributed by atoms with Crippen molar-refractivity contribution < 1.29 is 22.5 Å². The van der Waals surface area contributed by atoms with Crippen LogP contribution in [0.5, 0.6) is 0 Å². The lowest BCUT2D eigenvalue weighted by atomic mass is 10.1. The second-order valence-corrected chi connectivity index (χ2v) is 7.61. The molecule has 1 aliphatic rings. The van der Waals surface area contributed by atoms with Gasteiger partial charge in [0, 0.05) is 42.3 Å². The first-order chi connectivity index (χ1) is 14.8. The predicted molar refractivity (Wildman–Crippen MR) is 107 cm³/mol. The first-order valence-corrected chi connectivity index (χ1v) is 9.95. The molecule has 1 amide bonds. The number of aromatic nitrogens is 2. The van der Waals surface area contributed by atoms with E-state index in [0.717, 1.165) is 12.1 Å². The van der Waals surface area contributed by atoms with Crippen molar-refractivity contribution >= 4 is 17.5 Å². The van der Waals surface area contributed by atoms with Gasteiger partial charge in [0.05, 0.1) is 12.1 Å². The van der Waals surface area contributed by atoms with Crippen molar-refractivity contribution in [2.75, 3.05) is 26.2 Å². The molecule has 162 valence electrons. The van der Waals surface area contributed by atoms with Gasteiger partial charge in [-0.3, -0.25) is 9.69 Å². The molecule has 2 aromatic carbocycles. The number of carbonyl (C=O) groups excluding carboxylic acids is 1. The maximum Gasteiger partial charge on any atom is 0.416 e. The minimum absolute atomic E-state index is 0.0395. The molecule has 0 bridgehead atoms. The van der Waals surface area contributed by atoms with Gasteiger partial charge < -0.3 is 9.42 Å². The van der Waals surface area contributed by atoms with Crippen LogP contribution in [-0.2, 0) is 12.7 Å². The number of alkyl halides is 3. The van der Waals surface area contributed by atoms with Gasteiger partial charge in [-0.15, -0.1) is 0 Å². The Balaban J connectivity index is 1.35. The third kappa shape index (κ3) is 5.05. The molecule has 3 aromatic rings. The summed E-state index contributed by atoms with van der Waals surface area (Å²) in [5.41, 5.74) is 0.0277. The molecule has 0 unspecified atom stereocenters. The van der Waals surface area contributed by atoms with E-state index in [1.807, 2.05) is 0 Å². The summed E-state index contributed by atoms with van der Waals surface area (Å²) in [5.74, 6) is 0.366. The molecule has 1 fully saturated rings. The number of halogens is 4. The summed E-state index contributed by atoms with van der Waals surface area (Å²) in [6.07, 6.45) is -4.44. The van der Waals surface area contributed by atoms with Gasteiger partial charge in [0.1, 0.15) is 0 Å². The maximum atomic E-state index is 12.9.